The zero-order chi connectivity index (χ0) is 16.8. The fraction of sp³-hybridized carbons (Fsp3) is 0.0500. The molecule has 0 unspecified atom stereocenters. The van der Waals surface area contributed by atoms with Gasteiger partial charge in [0.05, 0.1) is 0 Å². The molecule has 1 amide bonds. The zero-order valence-corrected chi connectivity index (χ0v) is 13.0. The van der Waals surface area contributed by atoms with Crippen LogP contribution >= 0.6 is 0 Å². The fourth-order valence-corrected chi connectivity index (χ4v) is 2.19. The van der Waals surface area contributed by atoms with E-state index in [-0.39, 0.29) is 11.7 Å². The van der Waals surface area contributed by atoms with Crippen LogP contribution in [0.2, 0.25) is 0 Å². The minimum Gasteiger partial charge on any atom is -0.508 e. The Morgan fingerprint density at radius 1 is 0.875 bits per heavy atom. The van der Waals surface area contributed by atoms with Crippen molar-refractivity contribution in [3.05, 3.63) is 90.0 Å². The molecule has 0 saturated carbocycles. The van der Waals surface area contributed by atoms with Crippen LogP contribution in [0.4, 0.5) is 5.69 Å². The predicted molar refractivity (Wildman–Crippen MR) is 93.3 cm³/mol. The van der Waals surface area contributed by atoms with Gasteiger partial charge in [-0.3, -0.25) is 4.79 Å². The summed E-state index contributed by atoms with van der Waals surface area (Å²) in [6.07, 6.45) is 0. The molecular formula is C20H17NO3. The molecule has 0 heterocycles. The third-order valence-electron chi connectivity index (χ3n) is 3.49. The van der Waals surface area contributed by atoms with Gasteiger partial charge in [0.1, 0.15) is 18.1 Å². The van der Waals surface area contributed by atoms with Crippen LogP contribution < -0.4 is 10.1 Å². The minimum atomic E-state index is -0.213. The molecule has 0 spiro atoms. The second-order valence-corrected chi connectivity index (χ2v) is 5.30. The number of hydrogen-bond acceptors (Lipinski definition) is 3. The smallest absolute Gasteiger partial charge is 0.255 e. The highest BCUT2D eigenvalue weighted by atomic mass is 16.5. The number of phenolic OH excluding ortho intramolecular Hbond substituents is 1. The zero-order valence-electron chi connectivity index (χ0n) is 13.0. The number of amides is 1. The van der Waals surface area contributed by atoms with E-state index in [1.807, 2.05) is 30.3 Å². The molecule has 0 aromatic heterocycles. The van der Waals surface area contributed by atoms with E-state index in [1.54, 1.807) is 36.4 Å². The third-order valence-corrected chi connectivity index (χ3v) is 3.49. The minimum absolute atomic E-state index is 0.160. The lowest BCUT2D eigenvalue weighted by atomic mass is 10.2. The maximum atomic E-state index is 12.2. The number of aromatic hydroxyl groups is 1. The second kappa shape index (κ2) is 7.33. The Kier molecular flexibility index (Phi) is 4.77. The Labute approximate surface area is 140 Å². The summed E-state index contributed by atoms with van der Waals surface area (Å²) >= 11 is 0. The Hall–Kier alpha value is -3.27. The molecule has 120 valence electrons. The third kappa shape index (κ3) is 4.14. The molecule has 2 N–H and O–H groups in total. The number of hydrogen-bond donors (Lipinski definition) is 2. The van der Waals surface area contributed by atoms with Crippen LogP contribution in [0, 0.1) is 0 Å². The number of phenols is 1. The van der Waals surface area contributed by atoms with Crippen molar-refractivity contribution in [2.45, 2.75) is 6.61 Å². The molecule has 3 aromatic rings. The monoisotopic (exact) mass is 319 g/mol. The van der Waals surface area contributed by atoms with Crippen molar-refractivity contribution < 1.29 is 14.6 Å². The van der Waals surface area contributed by atoms with E-state index in [2.05, 4.69) is 5.32 Å². The molecule has 0 bridgehead atoms. The lowest BCUT2D eigenvalue weighted by Gasteiger charge is -2.08. The summed E-state index contributed by atoms with van der Waals surface area (Å²) < 4.78 is 5.70. The van der Waals surface area contributed by atoms with E-state index in [4.69, 9.17) is 4.74 Å². The highest BCUT2D eigenvalue weighted by Gasteiger charge is 2.06. The maximum Gasteiger partial charge on any atom is 0.255 e. The molecule has 3 rings (SSSR count). The summed E-state index contributed by atoms with van der Waals surface area (Å²) in [6.45, 7) is 0.486. The summed E-state index contributed by atoms with van der Waals surface area (Å²) in [5, 5.41) is 12.0. The normalized spacial score (nSPS) is 10.2. The van der Waals surface area contributed by atoms with Gasteiger partial charge in [0.15, 0.2) is 0 Å². The number of rotatable bonds is 5. The van der Waals surface area contributed by atoms with Gasteiger partial charge in [-0.05, 0) is 54.1 Å². The molecule has 4 heteroatoms. The molecule has 0 aliphatic carbocycles. The predicted octanol–water partition coefficient (Wildman–Crippen LogP) is 4.22. The van der Waals surface area contributed by atoms with Crippen molar-refractivity contribution in [3.63, 3.8) is 0 Å². The summed E-state index contributed by atoms with van der Waals surface area (Å²) in [5.74, 6) is 0.656. The molecule has 24 heavy (non-hydrogen) atoms. The molecule has 0 atom stereocenters. The van der Waals surface area contributed by atoms with Gasteiger partial charge >= 0.3 is 0 Å². The van der Waals surface area contributed by atoms with Crippen molar-refractivity contribution in [2.24, 2.45) is 0 Å². The first-order valence-electron chi connectivity index (χ1n) is 7.58. The molecule has 3 aromatic carbocycles. The van der Waals surface area contributed by atoms with E-state index in [1.165, 1.54) is 12.1 Å². The first-order chi connectivity index (χ1) is 11.7. The molecular weight excluding hydrogens is 302 g/mol. The van der Waals surface area contributed by atoms with Crippen molar-refractivity contribution in [3.8, 4) is 11.5 Å². The summed E-state index contributed by atoms with van der Waals surface area (Å²) in [7, 11) is 0. The van der Waals surface area contributed by atoms with Crippen LogP contribution in [0.25, 0.3) is 0 Å². The van der Waals surface area contributed by atoms with Crippen LogP contribution in [0.1, 0.15) is 15.9 Å². The average molecular weight is 319 g/mol. The molecule has 0 aliphatic heterocycles. The Morgan fingerprint density at radius 2 is 1.54 bits per heavy atom. The number of ether oxygens (including phenoxy) is 1. The van der Waals surface area contributed by atoms with Crippen LogP contribution in [-0.4, -0.2) is 11.0 Å². The van der Waals surface area contributed by atoms with E-state index >= 15 is 0 Å². The van der Waals surface area contributed by atoms with Crippen molar-refractivity contribution in [1.29, 1.82) is 0 Å². The van der Waals surface area contributed by atoms with Gasteiger partial charge in [-0.15, -0.1) is 0 Å². The van der Waals surface area contributed by atoms with Gasteiger partial charge in [-0.1, -0.05) is 30.3 Å². The van der Waals surface area contributed by atoms with Gasteiger partial charge in [0.25, 0.3) is 5.91 Å². The Bertz CT molecular complexity index is 797. The lowest BCUT2D eigenvalue weighted by Crippen LogP contribution is -2.11. The fourth-order valence-electron chi connectivity index (χ4n) is 2.19. The van der Waals surface area contributed by atoms with E-state index < -0.39 is 0 Å². The van der Waals surface area contributed by atoms with Crippen molar-refractivity contribution in [1.82, 2.24) is 0 Å². The average Bonchev–Trinajstić information content (AvgIpc) is 2.63. The molecule has 0 saturated heterocycles. The van der Waals surface area contributed by atoms with Crippen LogP contribution in [0.5, 0.6) is 11.5 Å². The number of carbonyl (C=O) groups excluding carboxylic acids is 1. The number of benzene rings is 3. The highest BCUT2D eigenvalue weighted by molar-refractivity contribution is 6.04. The first-order valence-corrected chi connectivity index (χ1v) is 7.58. The van der Waals surface area contributed by atoms with E-state index in [0.29, 0.717) is 23.6 Å². The standard InChI is InChI=1S/C20H17NO3/c22-18-10-8-17(9-11-18)21-20(23)16-6-12-19(13-7-16)24-14-15-4-2-1-3-5-15/h1-13,22H,14H2,(H,21,23). The van der Waals surface area contributed by atoms with Gasteiger partial charge in [0, 0.05) is 11.3 Å². The second-order valence-electron chi connectivity index (χ2n) is 5.30. The largest absolute Gasteiger partial charge is 0.508 e. The van der Waals surface area contributed by atoms with Crippen LogP contribution in [0.3, 0.4) is 0 Å². The molecule has 0 radical (unpaired) electrons. The number of nitrogens with one attached hydrogen (secondary N) is 1. The van der Waals surface area contributed by atoms with Crippen LogP contribution in [-0.2, 0) is 6.61 Å². The van der Waals surface area contributed by atoms with Crippen molar-refractivity contribution in [2.75, 3.05) is 5.32 Å². The van der Waals surface area contributed by atoms with E-state index in [9.17, 15) is 9.90 Å². The highest BCUT2D eigenvalue weighted by Crippen LogP contribution is 2.17. The number of carbonyl (C=O) groups is 1. The Balaban J connectivity index is 1.59. The van der Waals surface area contributed by atoms with Crippen LogP contribution in [0.15, 0.2) is 78.9 Å². The first kappa shape index (κ1) is 15.6. The van der Waals surface area contributed by atoms with Gasteiger partial charge in [-0.25, -0.2) is 0 Å². The quantitative estimate of drug-likeness (QED) is 0.692. The topological polar surface area (TPSA) is 58.6 Å². The molecule has 0 aliphatic rings. The summed E-state index contributed by atoms with van der Waals surface area (Å²) in [4.78, 5) is 12.2. The van der Waals surface area contributed by atoms with E-state index in [0.717, 1.165) is 5.56 Å². The number of anilines is 1. The summed E-state index contributed by atoms with van der Waals surface area (Å²) in [6, 6.07) is 23.2. The maximum absolute atomic E-state index is 12.2. The SMILES string of the molecule is O=C(Nc1ccc(O)cc1)c1ccc(OCc2ccccc2)cc1. The van der Waals surface area contributed by atoms with Gasteiger partial charge in [0.2, 0.25) is 0 Å². The Morgan fingerprint density at radius 3 is 2.21 bits per heavy atom. The van der Waals surface area contributed by atoms with Gasteiger partial charge < -0.3 is 15.2 Å². The summed E-state index contributed by atoms with van der Waals surface area (Å²) in [5.41, 5.74) is 2.25. The lowest BCUT2D eigenvalue weighted by molar-refractivity contribution is 0.102. The molecule has 4 nitrogen and oxygen atoms in total. The van der Waals surface area contributed by atoms with Gasteiger partial charge in [-0.2, -0.15) is 0 Å². The molecule has 0 fully saturated rings. The van der Waals surface area contributed by atoms with Crippen molar-refractivity contribution >= 4 is 11.6 Å².